The zero-order valence-electron chi connectivity index (χ0n) is 10.1. The predicted octanol–water partition coefficient (Wildman–Crippen LogP) is 3.97. The molecule has 0 bridgehead atoms. The molecule has 3 aromatic rings. The Morgan fingerprint density at radius 1 is 1.05 bits per heavy atom. The number of nitrogens with zero attached hydrogens (tertiary/aromatic N) is 2. The lowest BCUT2D eigenvalue weighted by molar-refractivity contribution is 0.305. The lowest BCUT2D eigenvalue weighted by Crippen LogP contribution is -1.96. The average Bonchev–Trinajstić information content (AvgIpc) is 2.46. The third-order valence-electron chi connectivity index (χ3n) is 2.77. The highest BCUT2D eigenvalue weighted by Crippen LogP contribution is 2.17. The number of pyridine rings is 2. The first-order chi connectivity index (χ1) is 9.31. The van der Waals surface area contributed by atoms with E-state index in [1.807, 2.05) is 36.4 Å². The Morgan fingerprint density at radius 2 is 2.00 bits per heavy atom. The molecule has 19 heavy (non-hydrogen) atoms. The summed E-state index contributed by atoms with van der Waals surface area (Å²) in [7, 11) is 0. The fourth-order valence-electron chi connectivity index (χ4n) is 1.83. The summed E-state index contributed by atoms with van der Waals surface area (Å²) in [6.45, 7) is 0.522. The minimum Gasteiger partial charge on any atom is -0.487 e. The SMILES string of the molecule is Brc1ccc(OCc2ccc3ncccc3c2)cn1. The highest BCUT2D eigenvalue weighted by Gasteiger charge is 1.99. The molecule has 3 nitrogen and oxygen atoms in total. The number of aromatic nitrogens is 2. The van der Waals surface area contributed by atoms with Crippen molar-refractivity contribution in [3.63, 3.8) is 0 Å². The second kappa shape index (κ2) is 5.36. The monoisotopic (exact) mass is 314 g/mol. The van der Waals surface area contributed by atoms with Crippen LogP contribution in [0.2, 0.25) is 0 Å². The number of hydrogen-bond donors (Lipinski definition) is 0. The smallest absolute Gasteiger partial charge is 0.138 e. The van der Waals surface area contributed by atoms with Crippen LogP contribution >= 0.6 is 15.9 Å². The summed E-state index contributed by atoms with van der Waals surface area (Å²) >= 11 is 3.29. The molecule has 0 saturated carbocycles. The summed E-state index contributed by atoms with van der Waals surface area (Å²) in [6, 6.07) is 13.9. The van der Waals surface area contributed by atoms with Crippen LogP contribution in [0, 0.1) is 0 Å². The minimum absolute atomic E-state index is 0.522. The quantitative estimate of drug-likeness (QED) is 0.686. The second-order valence-corrected chi connectivity index (χ2v) is 4.95. The number of hydrogen-bond acceptors (Lipinski definition) is 3. The van der Waals surface area contributed by atoms with E-state index in [1.54, 1.807) is 12.4 Å². The van der Waals surface area contributed by atoms with Gasteiger partial charge in [-0.15, -0.1) is 0 Å². The molecule has 94 valence electrons. The Labute approximate surface area is 119 Å². The van der Waals surface area contributed by atoms with Crippen LogP contribution in [0.25, 0.3) is 10.9 Å². The van der Waals surface area contributed by atoms with Crippen LogP contribution in [0.15, 0.2) is 59.5 Å². The van der Waals surface area contributed by atoms with E-state index in [9.17, 15) is 0 Å². The molecular formula is C15H11BrN2O. The lowest BCUT2D eigenvalue weighted by atomic mass is 10.1. The van der Waals surface area contributed by atoms with Gasteiger partial charge in [-0.2, -0.15) is 0 Å². The lowest BCUT2D eigenvalue weighted by Gasteiger charge is -2.06. The summed E-state index contributed by atoms with van der Waals surface area (Å²) in [5.74, 6) is 0.759. The van der Waals surface area contributed by atoms with Crippen LogP contribution in [0.4, 0.5) is 0 Å². The minimum atomic E-state index is 0.522. The first-order valence-electron chi connectivity index (χ1n) is 5.89. The van der Waals surface area contributed by atoms with E-state index < -0.39 is 0 Å². The number of halogens is 1. The van der Waals surface area contributed by atoms with Crippen LogP contribution in [-0.4, -0.2) is 9.97 Å². The molecule has 0 aliphatic rings. The highest BCUT2D eigenvalue weighted by atomic mass is 79.9. The second-order valence-electron chi connectivity index (χ2n) is 4.14. The van der Waals surface area contributed by atoms with E-state index in [-0.39, 0.29) is 0 Å². The Hall–Kier alpha value is -1.94. The summed E-state index contributed by atoms with van der Waals surface area (Å²) in [4.78, 5) is 8.42. The molecule has 0 radical (unpaired) electrons. The van der Waals surface area contributed by atoms with Crippen LogP contribution in [0.1, 0.15) is 5.56 Å². The van der Waals surface area contributed by atoms with Gasteiger partial charge < -0.3 is 4.74 Å². The van der Waals surface area contributed by atoms with Gasteiger partial charge in [0.25, 0.3) is 0 Å². The van der Waals surface area contributed by atoms with E-state index in [2.05, 4.69) is 32.0 Å². The maximum atomic E-state index is 5.69. The van der Waals surface area contributed by atoms with Crippen LogP contribution < -0.4 is 4.74 Å². The molecule has 0 amide bonds. The zero-order valence-corrected chi connectivity index (χ0v) is 11.7. The molecule has 0 unspecified atom stereocenters. The van der Waals surface area contributed by atoms with Gasteiger partial charge in [-0.3, -0.25) is 4.98 Å². The third kappa shape index (κ3) is 2.90. The van der Waals surface area contributed by atoms with Crippen molar-refractivity contribution in [1.29, 1.82) is 0 Å². The maximum Gasteiger partial charge on any atom is 0.138 e. The molecule has 0 atom stereocenters. The summed E-state index contributed by atoms with van der Waals surface area (Å²) < 4.78 is 6.49. The van der Waals surface area contributed by atoms with Gasteiger partial charge in [0.05, 0.1) is 11.7 Å². The summed E-state index contributed by atoms with van der Waals surface area (Å²) in [5, 5.41) is 1.12. The Morgan fingerprint density at radius 3 is 2.84 bits per heavy atom. The number of rotatable bonds is 3. The molecule has 2 heterocycles. The van der Waals surface area contributed by atoms with Gasteiger partial charge in [0.15, 0.2) is 0 Å². The number of benzene rings is 1. The van der Waals surface area contributed by atoms with Crippen molar-refractivity contribution in [3.05, 3.63) is 65.0 Å². The molecule has 0 fully saturated rings. The maximum absolute atomic E-state index is 5.69. The van der Waals surface area contributed by atoms with Gasteiger partial charge >= 0.3 is 0 Å². The summed E-state index contributed by atoms with van der Waals surface area (Å²) in [6.07, 6.45) is 3.50. The molecule has 0 aliphatic carbocycles. The van der Waals surface area contributed by atoms with Crippen LogP contribution in [0.3, 0.4) is 0 Å². The largest absolute Gasteiger partial charge is 0.487 e. The first kappa shape index (κ1) is 12.1. The Bertz CT molecular complexity index is 698. The van der Waals surface area contributed by atoms with Crippen molar-refractivity contribution in [2.75, 3.05) is 0 Å². The van der Waals surface area contributed by atoms with E-state index in [0.29, 0.717) is 6.61 Å². The number of fused-ring (bicyclic) bond motifs is 1. The molecule has 0 N–H and O–H groups in total. The van der Waals surface area contributed by atoms with Crippen LogP contribution in [0.5, 0.6) is 5.75 Å². The van der Waals surface area contributed by atoms with Gasteiger partial charge in [0, 0.05) is 11.6 Å². The van der Waals surface area contributed by atoms with Gasteiger partial charge in [-0.25, -0.2) is 4.98 Å². The molecule has 3 rings (SSSR count). The van der Waals surface area contributed by atoms with Crippen LogP contribution in [-0.2, 0) is 6.61 Å². The molecular weight excluding hydrogens is 304 g/mol. The van der Waals surface area contributed by atoms with Gasteiger partial charge in [-0.1, -0.05) is 12.1 Å². The first-order valence-corrected chi connectivity index (χ1v) is 6.68. The number of ether oxygens (including phenoxy) is 1. The fraction of sp³-hybridized carbons (Fsp3) is 0.0667. The molecule has 1 aromatic carbocycles. The average molecular weight is 315 g/mol. The van der Waals surface area contributed by atoms with Crippen molar-refractivity contribution >= 4 is 26.8 Å². The molecule has 2 aromatic heterocycles. The zero-order chi connectivity index (χ0) is 13.1. The third-order valence-corrected chi connectivity index (χ3v) is 3.24. The van der Waals surface area contributed by atoms with Crippen molar-refractivity contribution < 1.29 is 4.74 Å². The van der Waals surface area contributed by atoms with Gasteiger partial charge in [0.1, 0.15) is 17.0 Å². The van der Waals surface area contributed by atoms with Crippen molar-refractivity contribution in [2.24, 2.45) is 0 Å². The van der Waals surface area contributed by atoms with E-state index in [4.69, 9.17) is 4.74 Å². The van der Waals surface area contributed by atoms with E-state index in [0.717, 1.165) is 26.8 Å². The molecule has 0 aliphatic heterocycles. The van der Waals surface area contributed by atoms with Crippen molar-refractivity contribution in [1.82, 2.24) is 9.97 Å². The Kier molecular flexibility index (Phi) is 3.42. The standard InChI is InChI=1S/C15H11BrN2O/c16-15-6-4-13(9-18-15)19-10-11-3-5-14-12(8-11)2-1-7-17-14/h1-9H,10H2. The topological polar surface area (TPSA) is 35.0 Å². The van der Waals surface area contributed by atoms with Gasteiger partial charge in [-0.05, 0) is 51.8 Å². The van der Waals surface area contributed by atoms with E-state index >= 15 is 0 Å². The fourth-order valence-corrected chi connectivity index (χ4v) is 2.06. The van der Waals surface area contributed by atoms with Gasteiger partial charge in [0.2, 0.25) is 0 Å². The Balaban J connectivity index is 1.76. The van der Waals surface area contributed by atoms with Crippen molar-refractivity contribution in [3.8, 4) is 5.75 Å². The normalized spacial score (nSPS) is 10.6. The molecule has 4 heteroatoms. The molecule has 0 saturated heterocycles. The molecule has 0 spiro atoms. The van der Waals surface area contributed by atoms with E-state index in [1.165, 1.54) is 0 Å². The van der Waals surface area contributed by atoms with Crippen molar-refractivity contribution in [2.45, 2.75) is 6.61 Å². The summed E-state index contributed by atoms with van der Waals surface area (Å²) in [5.41, 5.74) is 2.11. The highest BCUT2D eigenvalue weighted by molar-refractivity contribution is 9.10. The predicted molar refractivity (Wildman–Crippen MR) is 78.0 cm³/mol.